The lowest BCUT2D eigenvalue weighted by molar-refractivity contribution is -0.251. The SMILES string of the molecule is C=CCCc1ccc(CCOC(F)(F)c2c(F)cc(C3CCC(CCC=C)CC3)cc2F)cc1. The van der Waals surface area contributed by atoms with E-state index in [0.717, 1.165) is 74.6 Å². The van der Waals surface area contributed by atoms with Crippen molar-refractivity contribution >= 4 is 0 Å². The Hall–Kier alpha value is -2.40. The number of halogens is 4. The van der Waals surface area contributed by atoms with Gasteiger partial charge in [0.1, 0.15) is 17.2 Å². The Bertz CT molecular complexity index is 920. The van der Waals surface area contributed by atoms with Gasteiger partial charge in [-0.2, -0.15) is 8.78 Å². The van der Waals surface area contributed by atoms with Gasteiger partial charge in [0.2, 0.25) is 0 Å². The lowest BCUT2D eigenvalue weighted by Gasteiger charge is -2.29. The molecule has 0 bridgehead atoms. The van der Waals surface area contributed by atoms with Gasteiger partial charge in [-0.1, -0.05) is 36.4 Å². The van der Waals surface area contributed by atoms with Gasteiger partial charge in [-0.3, -0.25) is 0 Å². The molecule has 3 rings (SSSR count). The summed E-state index contributed by atoms with van der Waals surface area (Å²) in [5, 5.41) is 0. The standard InChI is InChI=1S/C29H34F4O/c1-3-5-7-21-9-11-23(12-10-21)17-18-34-29(32,33)28-26(30)19-25(20-27(28)31)24-15-13-22(14-16-24)8-6-4-2/h3-4,9-12,19-20,22,24H,1-2,5-8,13-18H2. The molecule has 2 aromatic carbocycles. The molecule has 0 atom stereocenters. The van der Waals surface area contributed by atoms with Gasteiger partial charge in [0.05, 0.1) is 6.61 Å². The molecule has 0 aromatic heterocycles. The van der Waals surface area contributed by atoms with E-state index < -0.39 is 23.3 Å². The van der Waals surface area contributed by atoms with Gasteiger partial charge < -0.3 is 4.74 Å². The van der Waals surface area contributed by atoms with Crippen LogP contribution in [0.4, 0.5) is 17.6 Å². The highest BCUT2D eigenvalue weighted by molar-refractivity contribution is 5.31. The Morgan fingerprint density at radius 3 is 1.97 bits per heavy atom. The van der Waals surface area contributed by atoms with Crippen LogP contribution in [-0.4, -0.2) is 6.61 Å². The van der Waals surface area contributed by atoms with Crippen LogP contribution in [0.25, 0.3) is 0 Å². The fourth-order valence-corrected chi connectivity index (χ4v) is 4.76. The molecule has 184 valence electrons. The molecule has 2 aromatic rings. The van der Waals surface area contributed by atoms with Crippen molar-refractivity contribution in [1.82, 2.24) is 0 Å². The molecule has 5 heteroatoms. The van der Waals surface area contributed by atoms with Crippen molar-refractivity contribution in [2.75, 3.05) is 6.61 Å². The highest BCUT2D eigenvalue weighted by atomic mass is 19.3. The summed E-state index contributed by atoms with van der Waals surface area (Å²) in [4.78, 5) is 0. The van der Waals surface area contributed by atoms with E-state index in [-0.39, 0.29) is 18.9 Å². The number of hydrogen-bond acceptors (Lipinski definition) is 1. The average Bonchev–Trinajstić information content (AvgIpc) is 2.82. The first-order chi connectivity index (χ1) is 16.3. The van der Waals surface area contributed by atoms with Crippen LogP contribution >= 0.6 is 0 Å². The second kappa shape index (κ2) is 12.3. The van der Waals surface area contributed by atoms with Gasteiger partial charge in [0.15, 0.2) is 0 Å². The fourth-order valence-electron chi connectivity index (χ4n) is 4.76. The number of ether oxygens (including phenoxy) is 1. The fraction of sp³-hybridized carbons (Fsp3) is 0.448. The maximum atomic E-state index is 14.7. The topological polar surface area (TPSA) is 9.23 Å². The Morgan fingerprint density at radius 1 is 0.853 bits per heavy atom. The van der Waals surface area contributed by atoms with Crippen LogP contribution < -0.4 is 0 Å². The summed E-state index contributed by atoms with van der Waals surface area (Å²) in [6, 6.07) is 9.69. The highest BCUT2D eigenvalue weighted by Gasteiger charge is 2.40. The molecule has 1 nitrogen and oxygen atoms in total. The minimum Gasteiger partial charge on any atom is -0.316 e. The molecule has 0 radical (unpaired) electrons. The van der Waals surface area contributed by atoms with E-state index in [1.54, 1.807) is 0 Å². The third-order valence-electron chi connectivity index (χ3n) is 6.79. The minimum absolute atomic E-state index is 0.0120. The number of aryl methyl sites for hydroxylation is 1. The lowest BCUT2D eigenvalue weighted by Crippen LogP contribution is -2.24. The van der Waals surface area contributed by atoms with Gasteiger partial charge in [0.25, 0.3) is 0 Å². The Labute approximate surface area is 200 Å². The van der Waals surface area contributed by atoms with E-state index >= 15 is 0 Å². The van der Waals surface area contributed by atoms with E-state index in [0.29, 0.717) is 11.5 Å². The third-order valence-corrected chi connectivity index (χ3v) is 6.79. The van der Waals surface area contributed by atoms with Crippen molar-refractivity contribution < 1.29 is 22.3 Å². The van der Waals surface area contributed by atoms with Crippen LogP contribution in [0, 0.1) is 17.6 Å². The van der Waals surface area contributed by atoms with Crippen LogP contribution in [0.2, 0.25) is 0 Å². The molecule has 34 heavy (non-hydrogen) atoms. The van der Waals surface area contributed by atoms with Gasteiger partial charge in [0, 0.05) is 0 Å². The van der Waals surface area contributed by atoms with Gasteiger partial charge in [-0.05, 0) is 98.4 Å². The van der Waals surface area contributed by atoms with Crippen LogP contribution in [0.1, 0.15) is 73.1 Å². The van der Waals surface area contributed by atoms with Gasteiger partial charge in [-0.15, -0.1) is 13.2 Å². The summed E-state index contributed by atoms with van der Waals surface area (Å²) >= 11 is 0. The van der Waals surface area contributed by atoms with Crippen LogP contribution in [0.15, 0.2) is 61.7 Å². The van der Waals surface area contributed by atoms with Crippen LogP contribution in [-0.2, 0) is 23.7 Å². The van der Waals surface area contributed by atoms with Crippen molar-refractivity contribution in [3.05, 3.63) is 95.6 Å². The van der Waals surface area contributed by atoms with E-state index in [4.69, 9.17) is 0 Å². The molecule has 0 spiro atoms. The third kappa shape index (κ3) is 7.05. The molecule has 1 aliphatic carbocycles. The summed E-state index contributed by atoms with van der Waals surface area (Å²) in [5.41, 5.74) is 1.09. The molecular weight excluding hydrogens is 440 g/mol. The molecule has 0 aliphatic heterocycles. The normalized spacial score (nSPS) is 18.6. The van der Waals surface area contributed by atoms with Crippen LogP contribution in [0.5, 0.6) is 0 Å². The zero-order chi connectivity index (χ0) is 24.6. The van der Waals surface area contributed by atoms with Gasteiger partial charge >= 0.3 is 6.11 Å². The second-order valence-corrected chi connectivity index (χ2v) is 9.20. The largest absolute Gasteiger partial charge is 0.389 e. The monoisotopic (exact) mass is 474 g/mol. The van der Waals surface area contributed by atoms with E-state index in [9.17, 15) is 17.6 Å². The Kier molecular flexibility index (Phi) is 9.52. The van der Waals surface area contributed by atoms with Gasteiger partial charge in [-0.25, -0.2) is 8.78 Å². The zero-order valence-electron chi connectivity index (χ0n) is 19.7. The van der Waals surface area contributed by atoms with Crippen molar-refractivity contribution in [2.45, 2.75) is 69.8 Å². The number of rotatable bonds is 12. The molecule has 1 saturated carbocycles. The number of benzene rings is 2. The molecule has 0 saturated heterocycles. The maximum Gasteiger partial charge on any atom is 0.389 e. The van der Waals surface area contributed by atoms with Crippen molar-refractivity contribution in [3.8, 4) is 0 Å². The first-order valence-electron chi connectivity index (χ1n) is 12.1. The van der Waals surface area contributed by atoms with E-state index in [1.165, 1.54) is 0 Å². The summed E-state index contributed by atoms with van der Waals surface area (Å²) in [6.07, 6.45) is 7.22. The Balaban J connectivity index is 1.58. The summed E-state index contributed by atoms with van der Waals surface area (Å²) in [6.45, 7) is 7.08. The number of alkyl halides is 2. The van der Waals surface area contributed by atoms with Crippen molar-refractivity contribution in [3.63, 3.8) is 0 Å². The average molecular weight is 475 g/mol. The molecule has 0 amide bonds. The lowest BCUT2D eigenvalue weighted by atomic mass is 9.77. The molecule has 0 heterocycles. The zero-order valence-corrected chi connectivity index (χ0v) is 19.7. The molecule has 0 N–H and O–H groups in total. The number of hydrogen-bond donors (Lipinski definition) is 0. The van der Waals surface area contributed by atoms with Crippen LogP contribution in [0.3, 0.4) is 0 Å². The highest BCUT2D eigenvalue weighted by Crippen LogP contribution is 2.40. The molecule has 1 fully saturated rings. The predicted molar refractivity (Wildman–Crippen MR) is 129 cm³/mol. The maximum absolute atomic E-state index is 14.7. The molecule has 1 aliphatic rings. The summed E-state index contributed by atoms with van der Waals surface area (Å²) in [7, 11) is 0. The quantitative estimate of drug-likeness (QED) is 0.221. The smallest absolute Gasteiger partial charge is 0.316 e. The molecule has 0 unspecified atom stereocenters. The first kappa shape index (κ1) is 26.2. The van der Waals surface area contributed by atoms with Crippen molar-refractivity contribution in [2.24, 2.45) is 5.92 Å². The van der Waals surface area contributed by atoms with E-state index in [2.05, 4.69) is 17.9 Å². The summed E-state index contributed by atoms with van der Waals surface area (Å²) < 4.78 is 63.3. The Morgan fingerprint density at radius 2 is 1.41 bits per heavy atom. The molecular formula is C29H34F4O. The van der Waals surface area contributed by atoms with E-state index in [1.807, 2.05) is 36.4 Å². The summed E-state index contributed by atoms with van der Waals surface area (Å²) in [5.74, 6) is -1.92. The first-order valence-corrected chi connectivity index (χ1v) is 12.1. The number of allylic oxidation sites excluding steroid dienone is 2. The minimum atomic E-state index is -4.04. The predicted octanol–water partition coefficient (Wildman–Crippen LogP) is 8.63. The second-order valence-electron chi connectivity index (χ2n) is 9.20. The van der Waals surface area contributed by atoms with Crippen molar-refractivity contribution in [1.29, 1.82) is 0 Å².